The lowest BCUT2D eigenvalue weighted by molar-refractivity contribution is 0.382. The predicted molar refractivity (Wildman–Crippen MR) is 139 cm³/mol. The molecule has 0 spiro atoms. The number of guanidine groups is 1. The number of aliphatic imine (C=N–C) groups is 1. The zero-order valence-corrected chi connectivity index (χ0v) is 22.1. The molecule has 3 rings (SSSR count). The predicted octanol–water partition coefficient (Wildman–Crippen LogP) is 3.82. The molecule has 0 aliphatic carbocycles. The number of nitrogens with one attached hydrogen (secondary N) is 1. The minimum Gasteiger partial charge on any atom is -0.497 e. The Labute approximate surface area is 210 Å². The molecular formula is C22H31IN6O2S. The summed E-state index contributed by atoms with van der Waals surface area (Å²) in [6.45, 7) is 4.86. The van der Waals surface area contributed by atoms with Gasteiger partial charge in [0, 0.05) is 49.6 Å². The van der Waals surface area contributed by atoms with Crippen LogP contribution in [0.25, 0.3) is 0 Å². The van der Waals surface area contributed by atoms with Crippen molar-refractivity contribution in [3.05, 3.63) is 58.3 Å². The molecule has 0 atom stereocenters. The first-order valence-electron chi connectivity index (χ1n) is 10.2. The molecule has 0 saturated heterocycles. The fraction of sp³-hybridized carbons (Fsp3) is 0.409. The van der Waals surface area contributed by atoms with Gasteiger partial charge in [0.1, 0.15) is 23.7 Å². The van der Waals surface area contributed by atoms with Gasteiger partial charge in [-0.1, -0.05) is 13.0 Å². The molecule has 0 radical (unpaired) electrons. The number of rotatable bonds is 10. The zero-order valence-electron chi connectivity index (χ0n) is 18.9. The van der Waals surface area contributed by atoms with Crippen molar-refractivity contribution in [2.24, 2.45) is 4.99 Å². The number of methoxy groups -OCH3 is 2. The van der Waals surface area contributed by atoms with Crippen molar-refractivity contribution in [1.82, 2.24) is 25.0 Å². The number of hydrogen-bond acceptors (Lipinski definition) is 6. The van der Waals surface area contributed by atoms with Crippen molar-refractivity contribution in [2.75, 3.05) is 27.8 Å². The summed E-state index contributed by atoms with van der Waals surface area (Å²) >= 11 is 1.71. The van der Waals surface area contributed by atoms with Crippen molar-refractivity contribution in [3.8, 4) is 11.5 Å². The average Bonchev–Trinajstić information content (AvgIpc) is 3.48. The van der Waals surface area contributed by atoms with E-state index in [-0.39, 0.29) is 24.0 Å². The number of halogens is 1. The van der Waals surface area contributed by atoms with Crippen molar-refractivity contribution >= 4 is 41.3 Å². The summed E-state index contributed by atoms with van der Waals surface area (Å²) in [5.41, 5.74) is 1.06. The van der Waals surface area contributed by atoms with Crippen molar-refractivity contribution in [3.63, 3.8) is 0 Å². The van der Waals surface area contributed by atoms with Crippen LogP contribution in [0.15, 0.2) is 47.0 Å². The Morgan fingerprint density at radius 2 is 2.09 bits per heavy atom. The van der Waals surface area contributed by atoms with Crippen LogP contribution in [0.3, 0.4) is 0 Å². The van der Waals surface area contributed by atoms with Crippen LogP contribution in [-0.2, 0) is 26.1 Å². The van der Waals surface area contributed by atoms with Gasteiger partial charge in [-0.25, -0.2) is 4.99 Å². The van der Waals surface area contributed by atoms with Gasteiger partial charge in [-0.15, -0.1) is 45.5 Å². The number of ether oxygens (including phenoxy) is 2. The topological polar surface area (TPSA) is 76.8 Å². The Bertz CT molecular complexity index is 977. The molecule has 0 bridgehead atoms. The van der Waals surface area contributed by atoms with E-state index in [2.05, 4.69) is 43.4 Å². The first-order chi connectivity index (χ1) is 15.1. The molecule has 32 heavy (non-hydrogen) atoms. The lowest BCUT2D eigenvalue weighted by Gasteiger charge is -2.24. The third-order valence-electron chi connectivity index (χ3n) is 4.88. The number of aryl methyl sites for hydroxylation is 1. The SMILES string of the molecule is CCc1nncn1CCNC(=NCc1cccs1)N(C)Cc1ccc(OC)cc1OC.I. The van der Waals surface area contributed by atoms with E-state index in [1.807, 2.05) is 31.3 Å². The molecule has 10 heteroatoms. The fourth-order valence-electron chi connectivity index (χ4n) is 3.21. The number of thiophene rings is 1. The Balaban J connectivity index is 0.00000363. The Morgan fingerprint density at radius 3 is 2.78 bits per heavy atom. The van der Waals surface area contributed by atoms with E-state index in [1.54, 1.807) is 31.9 Å². The first kappa shape index (κ1) is 25.9. The molecule has 3 aromatic rings. The largest absolute Gasteiger partial charge is 0.497 e. The molecule has 2 heterocycles. The van der Waals surface area contributed by atoms with Crippen LogP contribution in [0.4, 0.5) is 0 Å². The van der Waals surface area contributed by atoms with Crippen LogP contribution in [0, 0.1) is 0 Å². The van der Waals surface area contributed by atoms with Crippen molar-refractivity contribution in [2.45, 2.75) is 33.0 Å². The maximum absolute atomic E-state index is 5.56. The molecule has 1 N–H and O–H groups in total. The minimum atomic E-state index is 0. The van der Waals surface area contributed by atoms with Crippen LogP contribution in [0.2, 0.25) is 0 Å². The Morgan fingerprint density at radius 1 is 1.25 bits per heavy atom. The molecule has 0 fully saturated rings. The molecule has 0 amide bonds. The van der Waals surface area contributed by atoms with Crippen molar-refractivity contribution < 1.29 is 9.47 Å². The van der Waals surface area contributed by atoms with E-state index in [9.17, 15) is 0 Å². The highest BCUT2D eigenvalue weighted by molar-refractivity contribution is 14.0. The highest BCUT2D eigenvalue weighted by atomic mass is 127. The molecular weight excluding hydrogens is 539 g/mol. The molecule has 0 unspecified atom stereocenters. The summed E-state index contributed by atoms with van der Waals surface area (Å²) in [5.74, 6) is 3.38. The van der Waals surface area contributed by atoms with Gasteiger partial charge in [0.2, 0.25) is 0 Å². The van der Waals surface area contributed by atoms with Gasteiger partial charge >= 0.3 is 0 Å². The van der Waals surface area contributed by atoms with Crippen LogP contribution in [-0.4, -0.2) is 53.4 Å². The fourth-order valence-corrected chi connectivity index (χ4v) is 3.84. The summed E-state index contributed by atoms with van der Waals surface area (Å²) in [6.07, 6.45) is 2.63. The maximum atomic E-state index is 5.56. The lowest BCUT2D eigenvalue weighted by atomic mass is 10.2. The lowest BCUT2D eigenvalue weighted by Crippen LogP contribution is -2.40. The smallest absolute Gasteiger partial charge is 0.194 e. The molecule has 1 aromatic carbocycles. The highest BCUT2D eigenvalue weighted by Crippen LogP contribution is 2.25. The number of nitrogens with zero attached hydrogens (tertiary/aromatic N) is 5. The van der Waals surface area contributed by atoms with E-state index < -0.39 is 0 Å². The molecule has 174 valence electrons. The standard InChI is InChI=1S/C22H30N6O2S.HI/c1-5-21-26-25-16-28(21)11-10-23-22(24-14-19-7-6-12-31-19)27(2)15-17-8-9-18(29-3)13-20(17)30-4;/h6-9,12-13,16H,5,10-11,14-15H2,1-4H3,(H,23,24);1H. The van der Waals surface area contributed by atoms with Crippen LogP contribution in [0.5, 0.6) is 11.5 Å². The Hall–Kier alpha value is -2.34. The molecule has 8 nitrogen and oxygen atoms in total. The van der Waals surface area contributed by atoms with E-state index in [1.165, 1.54) is 4.88 Å². The van der Waals surface area contributed by atoms with E-state index in [0.29, 0.717) is 13.1 Å². The third kappa shape index (κ3) is 7.09. The zero-order chi connectivity index (χ0) is 22.1. The second kappa shape index (κ2) is 13.3. The molecule has 0 aliphatic heterocycles. The average molecular weight is 571 g/mol. The van der Waals surface area contributed by atoms with Gasteiger partial charge in [-0.2, -0.15) is 0 Å². The van der Waals surface area contributed by atoms with Crippen LogP contribution >= 0.6 is 35.3 Å². The number of aromatic nitrogens is 3. The van der Waals surface area contributed by atoms with Crippen molar-refractivity contribution in [1.29, 1.82) is 0 Å². The molecule has 0 aliphatic rings. The normalized spacial score (nSPS) is 11.1. The second-order valence-electron chi connectivity index (χ2n) is 6.97. The minimum absolute atomic E-state index is 0. The van der Waals surface area contributed by atoms with Crippen LogP contribution in [0.1, 0.15) is 23.2 Å². The molecule has 2 aromatic heterocycles. The first-order valence-corrected chi connectivity index (χ1v) is 11.1. The summed E-state index contributed by atoms with van der Waals surface area (Å²) in [6, 6.07) is 10.0. The van der Waals surface area contributed by atoms with Gasteiger partial charge in [0.05, 0.1) is 20.8 Å². The summed E-state index contributed by atoms with van der Waals surface area (Å²) < 4.78 is 12.9. The monoisotopic (exact) mass is 570 g/mol. The van der Waals surface area contributed by atoms with E-state index in [0.717, 1.165) is 48.4 Å². The van der Waals surface area contributed by atoms with Gasteiger partial charge in [-0.05, 0) is 23.6 Å². The van der Waals surface area contributed by atoms with Gasteiger partial charge < -0.3 is 24.3 Å². The third-order valence-corrected chi connectivity index (χ3v) is 5.74. The van der Waals surface area contributed by atoms with Gasteiger partial charge in [0.15, 0.2) is 5.96 Å². The highest BCUT2D eigenvalue weighted by Gasteiger charge is 2.12. The quantitative estimate of drug-likeness (QED) is 0.227. The summed E-state index contributed by atoms with van der Waals surface area (Å²) in [4.78, 5) is 8.17. The van der Waals surface area contributed by atoms with Crippen LogP contribution < -0.4 is 14.8 Å². The molecule has 0 saturated carbocycles. The van der Waals surface area contributed by atoms with Gasteiger partial charge in [0.25, 0.3) is 0 Å². The Kier molecular flexibility index (Phi) is 10.7. The summed E-state index contributed by atoms with van der Waals surface area (Å²) in [5, 5.41) is 13.7. The second-order valence-corrected chi connectivity index (χ2v) is 8.01. The number of benzene rings is 1. The van der Waals surface area contributed by atoms with E-state index >= 15 is 0 Å². The van der Waals surface area contributed by atoms with Gasteiger partial charge in [-0.3, -0.25) is 0 Å². The van der Waals surface area contributed by atoms with E-state index in [4.69, 9.17) is 14.5 Å². The number of hydrogen-bond donors (Lipinski definition) is 1. The summed E-state index contributed by atoms with van der Waals surface area (Å²) in [7, 11) is 5.35. The maximum Gasteiger partial charge on any atom is 0.194 e.